The second-order valence-electron chi connectivity index (χ2n) is 6.37. The molecule has 0 bridgehead atoms. The van der Waals surface area contributed by atoms with Crippen LogP contribution in [0.15, 0.2) is 24.3 Å². The molecule has 1 aromatic rings. The van der Waals surface area contributed by atoms with Crippen molar-refractivity contribution in [3.63, 3.8) is 0 Å². The van der Waals surface area contributed by atoms with E-state index in [1.54, 1.807) is 12.1 Å². The Hall–Kier alpha value is -0.770. The molecule has 0 amide bonds. The average Bonchev–Trinajstić information content (AvgIpc) is 2.98. The Morgan fingerprint density at radius 3 is 2.59 bits per heavy atom. The lowest BCUT2D eigenvalue weighted by molar-refractivity contribution is -0.978. The zero-order chi connectivity index (χ0) is 14.6. The van der Waals surface area contributed by atoms with Crippen LogP contribution in [0.1, 0.15) is 30.9 Å². The molecule has 120 valence electrons. The zero-order valence-electron chi connectivity index (χ0n) is 12.4. The van der Waals surface area contributed by atoms with Crippen molar-refractivity contribution in [1.82, 2.24) is 0 Å². The van der Waals surface area contributed by atoms with Gasteiger partial charge in [0.1, 0.15) is 18.8 Å². The van der Waals surface area contributed by atoms with E-state index < -0.39 is 0 Å². The summed E-state index contributed by atoms with van der Waals surface area (Å²) in [5, 5.41) is 10.8. The molecule has 3 saturated heterocycles. The van der Waals surface area contributed by atoms with Crippen LogP contribution in [0.2, 0.25) is 0 Å². The molecule has 0 radical (unpaired) electrons. The lowest BCUT2D eigenvalue weighted by atomic mass is 9.99. The molecule has 3 aliphatic heterocycles. The number of non-ortho nitro benzene ring substituents is 1. The number of benzene rings is 1. The average molecular weight is 418 g/mol. The highest BCUT2D eigenvalue weighted by Gasteiger charge is 2.63. The van der Waals surface area contributed by atoms with Gasteiger partial charge >= 0.3 is 0 Å². The number of nitrogens with zero attached hydrogens (tertiary/aromatic N) is 2. The van der Waals surface area contributed by atoms with E-state index in [1.165, 1.54) is 0 Å². The van der Waals surface area contributed by atoms with Crippen molar-refractivity contribution in [1.29, 1.82) is 0 Å². The van der Waals surface area contributed by atoms with Crippen molar-refractivity contribution < 1.29 is 42.9 Å². The van der Waals surface area contributed by atoms with E-state index in [1.807, 2.05) is 12.1 Å². The Morgan fingerprint density at radius 1 is 1.23 bits per heavy atom. The molecular formula is C15H19IN2O4. The maximum absolute atomic E-state index is 10.8. The summed E-state index contributed by atoms with van der Waals surface area (Å²) in [4.78, 5) is 10.4. The minimum atomic E-state index is -0.370. The predicted molar refractivity (Wildman–Crippen MR) is 74.3 cm³/mol. The third kappa shape index (κ3) is 2.17. The number of quaternary nitrogens is 1. The van der Waals surface area contributed by atoms with Crippen LogP contribution < -0.4 is 24.0 Å². The first-order valence-electron chi connectivity index (χ1n) is 7.47. The van der Waals surface area contributed by atoms with Gasteiger partial charge in [0.2, 0.25) is 0 Å². The minimum Gasteiger partial charge on any atom is -1.00 e. The molecule has 1 aromatic carbocycles. The van der Waals surface area contributed by atoms with Gasteiger partial charge in [0.05, 0.1) is 12.0 Å². The third-order valence-electron chi connectivity index (χ3n) is 5.40. The van der Waals surface area contributed by atoms with Gasteiger partial charge in [-0.05, 0) is 24.1 Å². The maximum Gasteiger partial charge on any atom is 0.269 e. The van der Waals surface area contributed by atoms with Gasteiger partial charge in [-0.25, -0.2) is 0 Å². The third-order valence-corrected chi connectivity index (χ3v) is 5.40. The van der Waals surface area contributed by atoms with Gasteiger partial charge < -0.3 is 33.5 Å². The van der Waals surface area contributed by atoms with Crippen LogP contribution >= 0.6 is 0 Å². The largest absolute Gasteiger partial charge is 1.00 e. The van der Waals surface area contributed by atoms with Crippen LogP contribution in [0.25, 0.3) is 0 Å². The van der Waals surface area contributed by atoms with Crippen molar-refractivity contribution in [2.24, 2.45) is 0 Å². The highest BCUT2D eigenvalue weighted by Crippen LogP contribution is 2.50. The monoisotopic (exact) mass is 418 g/mol. The molecule has 22 heavy (non-hydrogen) atoms. The Labute approximate surface area is 146 Å². The van der Waals surface area contributed by atoms with E-state index in [0.717, 1.165) is 29.3 Å². The van der Waals surface area contributed by atoms with E-state index in [4.69, 9.17) is 9.47 Å². The summed E-state index contributed by atoms with van der Waals surface area (Å²) in [6.07, 6.45) is 3.72. The van der Waals surface area contributed by atoms with Gasteiger partial charge in [0.25, 0.3) is 5.69 Å². The molecule has 3 fully saturated rings. The molecule has 6 nitrogen and oxygen atoms in total. The molecule has 0 N–H and O–H groups in total. The summed E-state index contributed by atoms with van der Waals surface area (Å²) in [5.41, 5.74) is 1.14. The number of nitro benzene ring substituents is 1. The lowest BCUT2D eigenvalue weighted by Crippen LogP contribution is -3.00. The molecule has 0 aliphatic carbocycles. The van der Waals surface area contributed by atoms with Gasteiger partial charge in [-0.2, -0.15) is 0 Å². The summed E-state index contributed by atoms with van der Waals surface area (Å²) in [6.45, 7) is 0.708. The number of piperidine rings is 1. The van der Waals surface area contributed by atoms with Crippen molar-refractivity contribution in [3.05, 3.63) is 39.9 Å². The van der Waals surface area contributed by atoms with Crippen LogP contribution in [0, 0.1) is 10.1 Å². The summed E-state index contributed by atoms with van der Waals surface area (Å²) < 4.78 is 13.2. The first-order chi connectivity index (χ1) is 10.1. The van der Waals surface area contributed by atoms with Gasteiger partial charge in [-0.1, -0.05) is 0 Å². The van der Waals surface area contributed by atoms with Crippen molar-refractivity contribution >= 4 is 5.69 Å². The summed E-state index contributed by atoms with van der Waals surface area (Å²) in [6, 6.07) is 7.05. The fourth-order valence-electron chi connectivity index (χ4n) is 4.17. The molecular weight excluding hydrogens is 399 g/mol. The van der Waals surface area contributed by atoms with E-state index in [2.05, 4.69) is 7.05 Å². The maximum atomic E-state index is 10.8. The summed E-state index contributed by atoms with van der Waals surface area (Å²) >= 11 is 0. The topological polar surface area (TPSA) is 61.6 Å². The number of nitro groups is 1. The van der Waals surface area contributed by atoms with Gasteiger partial charge in [-0.15, -0.1) is 0 Å². The minimum absolute atomic E-state index is 0. The molecule has 0 saturated carbocycles. The predicted octanol–water partition coefficient (Wildman–Crippen LogP) is -0.648. The zero-order valence-corrected chi connectivity index (χ0v) is 14.5. The van der Waals surface area contributed by atoms with Crippen LogP contribution in [-0.2, 0) is 9.47 Å². The fourth-order valence-corrected chi connectivity index (χ4v) is 4.17. The van der Waals surface area contributed by atoms with E-state index >= 15 is 0 Å². The van der Waals surface area contributed by atoms with Crippen LogP contribution in [-0.4, -0.2) is 41.6 Å². The van der Waals surface area contributed by atoms with Crippen molar-refractivity contribution in [2.45, 2.75) is 43.9 Å². The van der Waals surface area contributed by atoms with Crippen molar-refractivity contribution in [3.8, 4) is 0 Å². The van der Waals surface area contributed by atoms with Crippen LogP contribution in [0.3, 0.4) is 0 Å². The standard InChI is InChI=1S/C15H19N2O4.HI/c1-17-12-9-20-13(17)3-2-4-14(17)21-15(12)10-5-7-11(8-6-10)16(18)19;/h5-8,12-15H,2-4,9H2,1H3;1H/q+1;/p-1/t12-,13+,14-,15-,17+;/m0./s1. The first kappa shape index (κ1) is 16.1. The molecule has 0 aromatic heterocycles. The SMILES string of the molecule is C[N@+]12[C@@H]3CCC[C@H]1OC[C@H]2[C@H](c1ccc([N+](=O)[O-])cc1)O3.[I-]. The molecule has 0 unspecified atom stereocenters. The Balaban J connectivity index is 0.00000144. The van der Waals surface area contributed by atoms with Gasteiger partial charge in [0.15, 0.2) is 12.5 Å². The van der Waals surface area contributed by atoms with Gasteiger partial charge in [0, 0.05) is 25.0 Å². The van der Waals surface area contributed by atoms with Crippen molar-refractivity contribution in [2.75, 3.05) is 13.7 Å². The number of likely N-dealkylation sites (N-methyl/N-ethyl adjacent to an activating group) is 1. The highest BCUT2D eigenvalue weighted by molar-refractivity contribution is 5.34. The fraction of sp³-hybridized carbons (Fsp3) is 0.600. The Kier molecular flexibility index (Phi) is 4.17. The number of rotatable bonds is 2. The Morgan fingerprint density at radius 2 is 1.91 bits per heavy atom. The molecule has 3 aliphatic rings. The van der Waals surface area contributed by atoms with E-state index in [0.29, 0.717) is 12.6 Å². The van der Waals surface area contributed by atoms with Crippen LogP contribution in [0.4, 0.5) is 5.69 Å². The molecule has 3 heterocycles. The van der Waals surface area contributed by atoms with Crippen LogP contribution in [0.5, 0.6) is 0 Å². The number of hydrogen-bond donors (Lipinski definition) is 0. The second kappa shape index (κ2) is 5.70. The van der Waals surface area contributed by atoms with Gasteiger partial charge in [-0.3, -0.25) is 14.6 Å². The van der Waals surface area contributed by atoms with E-state index in [9.17, 15) is 10.1 Å². The number of hydrogen-bond acceptors (Lipinski definition) is 4. The molecule has 4 rings (SSSR count). The smallest absolute Gasteiger partial charge is 0.269 e. The molecule has 5 atom stereocenters. The lowest BCUT2D eigenvalue weighted by Gasteiger charge is -2.41. The molecule has 7 heteroatoms. The normalized spacial score (nSPS) is 39.1. The molecule has 0 spiro atoms. The number of ether oxygens (including phenoxy) is 2. The Bertz CT molecular complexity index is 581. The summed E-state index contributed by atoms with van der Waals surface area (Å²) in [5.74, 6) is 0. The quantitative estimate of drug-likeness (QED) is 0.277. The summed E-state index contributed by atoms with van der Waals surface area (Å²) in [7, 11) is 2.23. The first-order valence-corrected chi connectivity index (χ1v) is 7.47. The second-order valence-corrected chi connectivity index (χ2v) is 6.37. The number of halogens is 1. The highest BCUT2D eigenvalue weighted by atomic mass is 127. The van der Waals surface area contributed by atoms with E-state index in [-0.39, 0.29) is 53.1 Å².